The van der Waals surface area contributed by atoms with E-state index in [1.807, 2.05) is 0 Å². The van der Waals surface area contributed by atoms with E-state index in [4.69, 9.17) is 4.98 Å². The Bertz CT molecular complexity index is 1250. The predicted molar refractivity (Wildman–Crippen MR) is 177 cm³/mol. The topological polar surface area (TPSA) is 41.1 Å². The summed E-state index contributed by atoms with van der Waals surface area (Å²) in [6.45, 7) is 16.0. The second-order valence-electron chi connectivity index (χ2n) is 13.5. The van der Waals surface area contributed by atoms with E-state index in [2.05, 4.69) is 101 Å². The molecule has 0 spiro atoms. The van der Waals surface area contributed by atoms with Crippen molar-refractivity contribution in [2.75, 3.05) is 81.3 Å². The van der Waals surface area contributed by atoms with Crippen LogP contribution in [0.5, 0.6) is 0 Å². The van der Waals surface area contributed by atoms with Gasteiger partial charge < -0.3 is 19.6 Å². The first-order valence-electron chi connectivity index (χ1n) is 16.6. The van der Waals surface area contributed by atoms with Gasteiger partial charge in [0.15, 0.2) is 0 Å². The van der Waals surface area contributed by atoms with Crippen molar-refractivity contribution >= 4 is 17.2 Å². The highest BCUT2D eigenvalue weighted by Crippen LogP contribution is 2.35. The lowest BCUT2D eigenvalue weighted by atomic mass is 9.94. The van der Waals surface area contributed by atoms with E-state index < -0.39 is 0 Å². The van der Waals surface area contributed by atoms with Gasteiger partial charge in [-0.1, -0.05) is 13.0 Å². The Kier molecular flexibility index (Phi) is 9.08. The van der Waals surface area contributed by atoms with Crippen LogP contribution in [0.25, 0.3) is 0 Å². The molecule has 3 unspecified atom stereocenters. The van der Waals surface area contributed by atoms with Crippen molar-refractivity contribution in [1.82, 2.24) is 20.2 Å². The number of pyridine rings is 1. The number of allylic oxidation sites excluding steroid dienone is 1. The molecule has 1 aromatic heterocycles. The van der Waals surface area contributed by atoms with Crippen molar-refractivity contribution in [3.05, 3.63) is 58.9 Å². The number of rotatable bonds is 9. The van der Waals surface area contributed by atoms with Crippen LogP contribution in [0.1, 0.15) is 69.2 Å². The molecule has 5 heterocycles. The van der Waals surface area contributed by atoms with Gasteiger partial charge in [-0.15, -0.1) is 0 Å². The minimum atomic E-state index is 0.363. The second-order valence-corrected chi connectivity index (χ2v) is 13.5. The van der Waals surface area contributed by atoms with Gasteiger partial charge in [0.05, 0.1) is 5.69 Å². The highest BCUT2D eigenvalue weighted by atomic mass is 15.5. The van der Waals surface area contributed by atoms with Crippen LogP contribution >= 0.6 is 0 Å². The van der Waals surface area contributed by atoms with Gasteiger partial charge in [-0.25, -0.2) is 10.4 Å². The molecule has 1 N–H and O–H groups in total. The third-order valence-corrected chi connectivity index (χ3v) is 10.2. The van der Waals surface area contributed by atoms with Gasteiger partial charge in [0.25, 0.3) is 0 Å². The number of anilines is 3. The summed E-state index contributed by atoms with van der Waals surface area (Å²) in [5, 5.41) is 2.30. The molecule has 0 radical (unpaired) electrons. The highest BCUT2D eigenvalue weighted by molar-refractivity contribution is 5.65. The summed E-state index contributed by atoms with van der Waals surface area (Å²) in [6.07, 6.45) is 9.56. The third-order valence-electron chi connectivity index (χ3n) is 10.2. The third kappa shape index (κ3) is 6.63. The molecule has 1 aromatic carbocycles. The normalized spacial score (nSPS) is 24.3. The summed E-state index contributed by atoms with van der Waals surface area (Å²) in [5.41, 5.74) is 11.8. The van der Waals surface area contributed by atoms with E-state index >= 15 is 0 Å². The van der Waals surface area contributed by atoms with Crippen molar-refractivity contribution in [2.24, 2.45) is 5.92 Å². The molecule has 42 heavy (non-hydrogen) atoms. The predicted octanol–water partition coefficient (Wildman–Crippen LogP) is 5.28. The van der Waals surface area contributed by atoms with Crippen molar-refractivity contribution in [3.8, 4) is 0 Å². The standard InChI is InChI=1S/C35H53N7/c1-6-29(25-40-15-13-28(24-40)9-11-32-12-10-30-8-7-14-39(5)35(30)36-32)31-21-33(41-18-16-38(4)17-19-41)23-34(22-31)42-27(3)20-26(2)37-42/h10,12,20-23,26,28-29,37H,6-9,11,13-19,24-25H2,1-5H3. The molecule has 2 fully saturated rings. The number of hydrogen-bond donors (Lipinski definition) is 1. The van der Waals surface area contributed by atoms with Gasteiger partial charge in [0.1, 0.15) is 5.82 Å². The van der Waals surface area contributed by atoms with Crippen LogP contribution in [-0.2, 0) is 12.8 Å². The largest absolute Gasteiger partial charge is 0.369 e. The molecule has 0 aliphatic carbocycles. The Morgan fingerprint density at radius 2 is 1.81 bits per heavy atom. The summed E-state index contributed by atoms with van der Waals surface area (Å²) in [6, 6.07) is 12.4. The summed E-state index contributed by atoms with van der Waals surface area (Å²) < 4.78 is 0. The first kappa shape index (κ1) is 29.5. The number of benzene rings is 1. The van der Waals surface area contributed by atoms with Crippen LogP contribution in [0.3, 0.4) is 0 Å². The molecule has 2 saturated heterocycles. The molecular weight excluding hydrogens is 518 g/mol. The molecule has 0 saturated carbocycles. The minimum absolute atomic E-state index is 0.363. The monoisotopic (exact) mass is 571 g/mol. The van der Waals surface area contributed by atoms with Gasteiger partial charge in [0, 0.05) is 76.0 Å². The fraction of sp³-hybridized carbons (Fsp3) is 0.629. The van der Waals surface area contributed by atoms with Crippen molar-refractivity contribution in [1.29, 1.82) is 0 Å². The van der Waals surface area contributed by atoms with Gasteiger partial charge in [0.2, 0.25) is 0 Å². The summed E-state index contributed by atoms with van der Waals surface area (Å²) in [7, 11) is 4.43. The molecule has 3 atom stereocenters. The average Bonchev–Trinajstić information content (AvgIpc) is 3.59. The molecule has 7 nitrogen and oxygen atoms in total. The molecule has 0 bridgehead atoms. The van der Waals surface area contributed by atoms with Crippen molar-refractivity contribution in [2.45, 2.75) is 71.3 Å². The van der Waals surface area contributed by atoms with Crippen LogP contribution in [0.2, 0.25) is 0 Å². The maximum absolute atomic E-state index is 5.07. The number of likely N-dealkylation sites (N-methyl/N-ethyl adjacent to an activating group) is 1. The van der Waals surface area contributed by atoms with Crippen LogP contribution < -0.4 is 20.2 Å². The summed E-state index contributed by atoms with van der Waals surface area (Å²) >= 11 is 0. The first-order chi connectivity index (χ1) is 20.4. The molecule has 2 aromatic rings. The summed E-state index contributed by atoms with van der Waals surface area (Å²) in [5.74, 6) is 2.53. The van der Waals surface area contributed by atoms with Gasteiger partial charge in [-0.3, -0.25) is 5.01 Å². The van der Waals surface area contributed by atoms with E-state index in [0.717, 1.165) is 58.0 Å². The fourth-order valence-corrected chi connectivity index (χ4v) is 7.53. The SMILES string of the molecule is CCC(CN1CCC(CCc2ccc3c(n2)N(C)CCC3)C1)c1cc(N2CCN(C)CC2)cc(N2NC(C)C=C2C)c1. The maximum atomic E-state index is 5.07. The summed E-state index contributed by atoms with van der Waals surface area (Å²) in [4.78, 5) is 15.2. The maximum Gasteiger partial charge on any atom is 0.131 e. The smallest absolute Gasteiger partial charge is 0.131 e. The van der Waals surface area contributed by atoms with Crippen molar-refractivity contribution in [3.63, 3.8) is 0 Å². The zero-order chi connectivity index (χ0) is 29.2. The average molecular weight is 572 g/mol. The lowest BCUT2D eigenvalue weighted by molar-refractivity contribution is 0.296. The van der Waals surface area contributed by atoms with Crippen LogP contribution in [-0.4, -0.2) is 87.3 Å². The van der Waals surface area contributed by atoms with Gasteiger partial charge >= 0.3 is 0 Å². The van der Waals surface area contributed by atoms with E-state index in [1.54, 1.807) is 0 Å². The second kappa shape index (κ2) is 12.9. The van der Waals surface area contributed by atoms with E-state index in [0.29, 0.717) is 12.0 Å². The zero-order valence-electron chi connectivity index (χ0n) is 26.8. The lowest BCUT2D eigenvalue weighted by Crippen LogP contribution is -2.44. The lowest BCUT2D eigenvalue weighted by Gasteiger charge is -2.35. The molecule has 6 rings (SSSR count). The van der Waals surface area contributed by atoms with E-state index in [-0.39, 0.29) is 0 Å². The number of hydrazine groups is 1. The minimum Gasteiger partial charge on any atom is -0.369 e. The number of aromatic nitrogens is 1. The Morgan fingerprint density at radius 3 is 2.57 bits per heavy atom. The van der Waals surface area contributed by atoms with E-state index in [9.17, 15) is 0 Å². The fourth-order valence-electron chi connectivity index (χ4n) is 7.53. The number of fused-ring (bicyclic) bond motifs is 1. The molecule has 4 aliphatic heterocycles. The number of nitrogens with zero attached hydrogens (tertiary/aromatic N) is 6. The Labute approximate surface area is 254 Å². The van der Waals surface area contributed by atoms with E-state index in [1.165, 1.54) is 78.5 Å². The highest BCUT2D eigenvalue weighted by Gasteiger charge is 2.27. The number of aryl methyl sites for hydroxylation is 2. The van der Waals surface area contributed by atoms with Gasteiger partial charge in [-0.2, -0.15) is 0 Å². The number of piperazine rings is 1. The van der Waals surface area contributed by atoms with Crippen LogP contribution in [0.4, 0.5) is 17.2 Å². The quantitative estimate of drug-likeness (QED) is 0.439. The Balaban J connectivity index is 1.12. The van der Waals surface area contributed by atoms with Crippen molar-refractivity contribution < 1.29 is 0 Å². The number of nitrogens with one attached hydrogen (secondary N) is 1. The molecule has 4 aliphatic rings. The molecule has 0 amide bonds. The Morgan fingerprint density at radius 1 is 1.00 bits per heavy atom. The number of likely N-dealkylation sites (tertiary alicyclic amines) is 1. The first-order valence-corrected chi connectivity index (χ1v) is 16.6. The Hall–Kier alpha value is -2.61. The zero-order valence-corrected chi connectivity index (χ0v) is 26.8. The van der Waals surface area contributed by atoms with Crippen LogP contribution in [0, 0.1) is 5.92 Å². The molecule has 228 valence electrons. The molecular formula is C35H53N7. The molecule has 7 heteroatoms. The number of hydrogen-bond acceptors (Lipinski definition) is 7. The van der Waals surface area contributed by atoms with Crippen LogP contribution in [0.15, 0.2) is 42.1 Å². The van der Waals surface area contributed by atoms with Gasteiger partial charge in [-0.05, 0) is 119 Å².